The van der Waals surface area contributed by atoms with Crippen LogP contribution < -0.4 is 11.1 Å². The number of rotatable bonds is 11. The topological polar surface area (TPSA) is 132 Å². The Hall–Kier alpha value is -2.52. The average molecular weight is 417 g/mol. The van der Waals surface area contributed by atoms with Crippen molar-refractivity contribution in [3.63, 3.8) is 0 Å². The second kappa shape index (κ2) is 10.5. The number of aliphatic hydroxyl groups is 2. The minimum atomic E-state index is -0.904. The summed E-state index contributed by atoms with van der Waals surface area (Å²) in [5, 5.41) is 33.0. The summed E-state index contributed by atoms with van der Waals surface area (Å²) in [6, 6.07) is 10.7. The van der Waals surface area contributed by atoms with Gasteiger partial charge in [-0.25, -0.2) is 4.98 Å². The summed E-state index contributed by atoms with van der Waals surface area (Å²) in [5.74, 6) is -0.470. The first-order valence-electron chi connectivity index (χ1n) is 9.85. The van der Waals surface area contributed by atoms with Crippen molar-refractivity contribution in [3.05, 3.63) is 58.9 Å². The maximum atomic E-state index is 11.2. The first kappa shape index (κ1) is 23.8. The highest BCUT2D eigenvalue weighted by Crippen LogP contribution is 2.21. The second-order valence-electron chi connectivity index (χ2n) is 8.20. The fourth-order valence-electron chi connectivity index (χ4n) is 3.63. The Morgan fingerprint density at radius 2 is 1.97 bits per heavy atom. The van der Waals surface area contributed by atoms with Gasteiger partial charge >= 0.3 is 0 Å². The Labute approximate surface area is 177 Å². The van der Waals surface area contributed by atoms with Crippen molar-refractivity contribution in [2.45, 2.75) is 38.0 Å². The van der Waals surface area contributed by atoms with E-state index in [2.05, 4.69) is 22.1 Å². The van der Waals surface area contributed by atoms with Gasteiger partial charge in [-0.15, -0.1) is 0 Å². The van der Waals surface area contributed by atoms with E-state index < -0.39 is 12.7 Å². The molecule has 1 aromatic heterocycles. The fraction of sp³-hybridized carbons (Fsp3) is 0.455. The van der Waals surface area contributed by atoms with Crippen LogP contribution in [0.5, 0.6) is 5.75 Å². The van der Waals surface area contributed by atoms with Crippen LogP contribution in [-0.4, -0.2) is 63.8 Å². The van der Waals surface area contributed by atoms with E-state index in [-0.39, 0.29) is 35.9 Å². The molecule has 164 valence electrons. The van der Waals surface area contributed by atoms with Crippen LogP contribution in [0, 0.1) is 0 Å². The van der Waals surface area contributed by atoms with Gasteiger partial charge in [-0.05, 0) is 50.7 Å². The second-order valence-corrected chi connectivity index (χ2v) is 8.20. The van der Waals surface area contributed by atoms with Crippen LogP contribution in [0.1, 0.15) is 35.5 Å². The van der Waals surface area contributed by atoms with Crippen molar-refractivity contribution in [3.8, 4) is 5.75 Å². The number of nitrogens with one attached hydrogen (secondary N) is 1. The Morgan fingerprint density at radius 3 is 2.60 bits per heavy atom. The first-order chi connectivity index (χ1) is 14.1. The van der Waals surface area contributed by atoms with Crippen molar-refractivity contribution in [2.75, 3.05) is 27.2 Å². The van der Waals surface area contributed by atoms with Crippen LogP contribution in [0.25, 0.3) is 0 Å². The molecule has 0 saturated carbocycles. The van der Waals surface area contributed by atoms with Crippen LogP contribution in [0.15, 0.2) is 36.4 Å². The van der Waals surface area contributed by atoms with Gasteiger partial charge in [0.2, 0.25) is 5.91 Å². The molecule has 0 aliphatic rings. The summed E-state index contributed by atoms with van der Waals surface area (Å²) in [6.07, 6.45) is -0.0296. The highest BCUT2D eigenvalue weighted by atomic mass is 16.3. The number of aromatic nitrogens is 1. The van der Waals surface area contributed by atoms with Crippen molar-refractivity contribution < 1.29 is 20.1 Å². The van der Waals surface area contributed by atoms with Crippen molar-refractivity contribution in [1.29, 1.82) is 0 Å². The lowest BCUT2D eigenvalue weighted by atomic mass is 9.90. The predicted molar refractivity (Wildman–Crippen MR) is 115 cm³/mol. The third-order valence-electron chi connectivity index (χ3n) is 4.81. The number of benzene rings is 1. The zero-order valence-corrected chi connectivity index (χ0v) is 17.8. The molecule has 0 fully saturated rings. The SMILES string of the molecule is CN(C)CC(C)(Cc1cccc(CC(N)=O)c1)NCC(O)c1ccc(O)c(CO)n1. The highest BCUT2D eigenvalue weighted by molar-refractivity contribution is 5.76. The number of pyridine rings is 1. The summed E-state index contributed by atoms with van der Waals surface area (Å²) in [5.41, 5.74) is 7.38. The molecular formula is C22H32N4O4. The number of hydrogen-bond donors (Lipinski definition) is 5. The number of aliphatic hydroxyl groups excluding tert-OH is 2. The number of β-amino-alcohol motifs (C(OH)–C–C–N with tert-alkyl or cyclic N) is 1. The summed E-state index contributed by atoms with van der Waals surface area (Å²) in [4.78, 5) is 17.4. The van der Waals surface area contributed by atoms with E-state index in [1.807, 2.05) is 38.4 Å². The van der Waals surface area contributed by atoms with E-state index >= 15 is 0 Å². The molecule has 30 heavy (non-hydrogen) atoms. The lowest BCUT2D eigenvalue weighted by Crippen LogP contribution is -2.52. The van der Waals surface area contributed by atoms with Crippen LogP contribution in [0.4, 0.5) is 0 Å². The molecule has 6 N–H and O–H groups in total. The number of likely N-dealkylation sites (N-methyl/N-ethyl adjacent to an activating group) is 1. The molecule has 0 aliphatic heterocycles. The van der Waals surface area contributed by atoms with Gasteiger partial charge in [0.05, 0.1) is 18.7 Å². The molecule has 0 radical (unpaired) electrons. The molecule has 1 amide bonds. The van der Waals surface area contributed by atoms with Crippen LogP contribution in [0.2, 0.25) is 0 Å². The number of hydrogen-bond acceptors (Lipinski definition) is 7. The van der Waals surface area contributed by atoms with Gasteiger partial charge in [-0.1, -0.05) is 24.3 Å². The lowest BCUT2D eigenvalue weighted by molar-refractivity contribution is -0.117. The Kier molecular flexibility index (Phi) is 8.31. The van der Waals surface area contributed by atoms with Crippen LogP contribution >= 0.6 is 0 Å². The molecular weight excluding hydrogens is 384 g/mol. The molecule has 2 atom stereocenters. The largest absolute Gasteiger partial charge is 0.506 e. The smallest absolute Gasteiger partial charge is 0.221 e. The monoisotopic (exact) mass is 416 g/mol. The molecule has 2 aromatic rings. The Balaban J connectivity index is 2.13. The standard InChI is InChI=1S/C22H32N4O4/c1-22(14-26(2)3,11-16-6-4-5-15(9-16)10-21(23)30)24-12-20(29)17-7-8-19(28)18(13-27)25-17/h4-9,20,24,27-29H,10-14H2,1-3H3,(H2,23,30). The highest BCUT2D eigenvalue weighted by Gasteiger charge is 2.27. The molecule has 8 heteroatoms. The van der Waals surface area contributed by atoms with Gasteiger partial charge in [-0.2, -0.15) is 0 Å². The zero-order chi connectivity index (χ0) is 22.3. The van der Waals surface area contributed by atoms with Crippen LogP contribution in [-0.2, 0) is 24.2 Å². The van der Waals surface area contributed by atoms with Crippen molar-refractivity contribution in [2.24, 2.45) is 5.73 Å². The van der Waals surface area contributed by atoms with Gasteiger partial charge < -0.3 is 31.3 Å². The Bertz CT molecular complexity index is 859. The number of carbonyl (C=O) groups excluding carboxylic acids is 1. The van der Waals surface area contributed by atoms with E-state index in [1.54, 1.807) is 0 Å². The fourth-order valence-corrected chi connectivity index (χ4v) is 3.63. The summed E-state index contributed by atoms with van der Waals surface area (Å²) >= 11 is 0. The number of nitrogens with two attached hydrogens (primary N) is 1. The molecule has 2 unspecified atom stereocenters. The van der Waals surface area contributed by atoms with E-state index in [0.717, 1.165) is 11.1 Å². The van der Waals surface area contributed by atoms with Crippen LogP contribution in [0.3, 0.4) is 0 Å². The number of aromatic hydroxyl groups is 1. The molecule has 0 spiro atoms. The predicted octanol–water partition coefficient (Wildman–Crippen LogP) is 0.493. The first-order valence-corrected chi connectivity index (χ1v) is 9.85. The van der Waals surface area contributed by atoms with Gasteiger partial charge in [0, 0.05) is 18.6 Å². The van der Waals surface area contributed by atoms with Crippen molar-refractivity contribution >= 4 is 5.91 Å². The maximum absolute atomic E-state index is 11.2. The normalized spacial score (nSPS) is 14.5. The molecule has 0 saturated heterocycles. The van der Waals surface area contributed by atoms with E-state index in [0.29, 0.717) is 18.7 Å². The molecule has 0 aliphatic carbocycles. The third kappa shape index (κ3) is 7.07. The zero-order valence-electron chi connectivity index (χ0n) is 17.8. The molecule has 2 rings (SSSR count). The van der Waals surface area contributed by atoms with E-state index in [1.165, 1.54) is 12.1 Å². The number of nitrogens with zero attached hydrogens (tertiary/aromatic N) is 2. The molecule has 8 nitrogen and oxygen atoms in total. The minimum Gasteiger partial charge on any atom is -0.506 e. The van der Waals surface area contributed by atoms with Crippen molar-refractivity contribution in [1.82, 2.24) is 15.2 Å². The number of amides is 1. The van der Waals surface area contributed by atoms with Gasteiger partial charge in [0.1, 0.15) is 17.5 Å². The average Bonchev–Trinajstić information content (AvgIpc) is 2.65. The minimum absolute atomic E-state index is 0.102. The maximum Gasteiger partial charge on any atom is 0.221 e. The molecule has 1 heterocycles. The summed E-state index contributed by atoms with van der Waals surface area (Å²) in [7, 11) is 3.96. The molecule has 0 bridgehead atoms. The van der Waals surface area contributed by atoms with E-state index in [9.17, 15) is 20.1 Å². The quantitative estimate of drug-likeness (QED) is 0.360. The van der Waals surface area contributed by atoms with E-state index in [4.69, 9.17) is 5.73 Å². The summed E-state index contributed by atoms with van der Waals surface area (Å²) < 4.78 is 0. The Morgan fingerprint density at radius 1 is 1.27 bits per heavy atom. The lowest BCUT2D eigenvalue weighted by Gasteiger charge is -2.35. The third-order valence-corrected chi connectivity index (χ3v) is 4.81. The number of carbonyl (C=O) groups is 1. The van der Waals surface area contributed by atoms with Gasteiger partial charge in [-0.3, -0.25) is 4.79 Å². The summed E-state index contributed by atoms with van der Waals surface area (Å²) in [6.45, 7) is 2.63. The molecule has 1 aromatic carbocycles. The van der Waals surface area contributed by atoms with Gasteiger partial charge in [0.25, 0.3) is 0 Å². The van der Waals surface area contributed by atoms with Gasteiger partial charge in [0.15, 0.2) is 0 Å². The number of primary amides is 1.